The van der Waals surface area contributed by atoms with Gasteiger partial charge >= 0.3 is 5.97 Å². The van der Waals surface area contributed by atoms with Gasteiger partial charge in [0.2, 0.25) is 0 Å². The van der Waals surface area contributed by atoms with E-state index in [1.165, 1.54) is 12.1 Å². The molecule has 4 aromatic rings. The fourth-order valence-corrected chi connectivity index (χ4v) is 5.10. The van der Waals surface area contributed by atoms with Crippen molar-refractivity contribution in [1.82, 2.24) is 10.3 Å². The van der Waals surface area contributed by atoms with E-state index in [2.05, 4.69) is 5.32 Å². The van der Waals surface area contributed by atoms with Crippen LogP contribution in [0.4, 0.5) is 0 Å². The summed E-state index contributed by atoms with van der Waals surface area (Å²) >= 11 is 6.12. The zero-order valence-corrected chi connectivity index (χ0v) is 22.8. The van der Waals surface area contributed by atoms with E-state index >= 15 is 0 Å². The number of aliphatic carboxylic acids is 1. The van der Waals surface area contributed by atoms with Gasteiger partial charge in [-0.1, -0.05) is 29.8 Å². The highest BCUT2D eigenvalue weighted by Gasteiger charge is 2.23. The van der Waals surface area contributed by atoms with E-state index in [-0.39, 0.29) is 21.9 Å². The Hall–Kier alpha value is -4.15. The van der Waals surface area contributed by atoms with Gasteiger partial charge < -0.3 is 19.9 Å². The van der Waals surface area contributed by atoms with E-state index in [1.807, 2.05) is 30.3 Å². The predicted molar refractivity (Wildman–Crippen MR) is 147 cm³/mol. The number of sulfone groups is 1. The number of rotatable bonds is 9. The number of aromatic nitrogens is 1. The number of para-hydroxylation sites is 1. The van der Waals surface area contributed by atoms with Crippen molar-refractivity contribution in [2.24, 2.45) is 0 Å². The molecule has 1 amide bonds. The minimum absolute atomic E-state index is 0.00150. The Morgan fingerprint density at radius 1 is 1.03 bits per heavy atom. The van der Waals surface area contributed by atoms with Crippen LogP contribution in [0.1, 0.15) is 15.9 Å². The number of carbonyl (C=O) groups is 2. The molecular formula is C28H25ClN2O7S. The number of benzene rings is 3. The Bertz CT molecular complexity index is 1690. The molecule has 3 aromatic carbocycles. The first-order chi connectivity index (χ1) is 18.5. The number of hydrogen-bond acceptors (Lipinski definition) is 7. The van der Waals surface area contributed by atoms with Crippen molar-refractivity contribution >= 4 is 44.2 Å². The Kier molecular flexibility index (Phi) is 8.08. The SMILES string of the molecule is COc1cccc(-c2ccc3cc(CC(NC(=O)c4ccc(S(C)(=O)=O)cc4Cl)C(=O)O)ccc3n2)c1OC. The summed E-state index contributed by atoms with van der Waals surface area (Å²) in [5, 5.41) is 12.9. The molecule has 0 spiro atoms. The van der Waals surface area contributed by atoms with Crippen molar-refractivity contribution in [3.8, 4) is 22.8 Å². The van der Waals surface area contributed by atoms with Crippen LogP contribution in [0.3, 0.4) is 0 Å². The molecule has 0 aliphatic rings. The molecular weight excluding hydrogens is 544 g/mol. The molecule has 4 rings (SSSR count). The lowest BCUT2D eigenvalue weighted by Gasteiger charge is -2.16. The number of amides is 1. The van der Waals surface area contributed by atoms with E-state index in [0.29, 0.717) is 28.3 Å². The molecule has 0 saturated carbocycles. The van der Waals surface area contributed by atoms with Crippen LogP contribution in [0, 0.1) is 0 Å². The Morgan fingerprint density at radius 2 is 1.79 bits per heavy atom. The third kappa shape index (κ3) is 6.13. The Balaban J connectivity index is 1.56. The lowest BCUT2D eigenvalue weighted by atomic mass is 10.0. The summed E-state index contributed by atoms with van der Waals surface area (Å²) in [6.07, 6.45) is 1.02. The number of fused-ring (bicyclic) bond motifs is 1. The van der Waals surface area contributed by atoms with Gasteiger partial charge in [-0.05, 0) is 54.1 Å². The summed E-state index contributed by atoms with van der Waals surface area (Å²) in [7, 11) is -0.393. The molecule has 1 unspecified atom stereocenters. The number of methoxy groups -OCH3 is 2. The average molecular weight is 569 g/mol. The largest absolute Gasteiger partial charge is 0.493 e. The smallest absolute Gasteiger partial charge is 0.326 e. The third-order valence-electron chi connectivity index (χ3n) is 6.09. The topological polar surface area (TPSA) is 132 Å². The van der Waals surface area contributed by atoms with E-state index < -0.39 is 27.8 Å². The molecule has 1 aromatic heterocycles. The van der Waals surface area contributed by atoms with Crippen LogP contribution in [0.2, 0.25) is 5.02 Å². The number of carboxylic acid groups (broad SMARTS) is 1. The first kappa shape index (κ1) is 27.9. The predicted octanol–water partition coefficient (Wildman–Crippen LogP) is 4.40. The van der Waals surface area contributed by atoms with Crippen LogP contribution in [0.5, 0.6) is 11.5 Å². The summed E-state index contributed by atoms with van der Waals surface area (Å²) in [5.74, 6) is -0.811. The van der Waals surface area contributed by atoms with Gasteiger partial charge in [0.1, 0.15) is 6.04 Å². The van der Waals surface area contributed by atoms with E-state index in [4.69, 9.17) is 26.1 Å². The van der Waals surface area contributed by atoms with Crippen molar-refractivity contribution in [3.05, 3.63) is 82.9 Å². The number of carboxylic acids is 1. The van der Waals surface area contributed by atoms with Crippen LogP contribution in [0.15, 0.2) is 71.6 Å². The van der Waals surface area contributed by atoms with Crippen LogP contribution < -0.4 is 14.8 Å². The normalized spacial score (nSPS) is 12.1. The van der Waals surface area contributed by atoms with Gasteiger partial charge in [0, 0.05) is 23.6 Å². The van der Waals surface area contributed by atoms with Gasteiger partial charge in [-0.3, -0.25) is 4.79 Å². The summed E-state index contributed by atoms with van der Waals surface area (Å²) in [6.45, 7) is 0. The first-order valence-electron chi connectivity index (χ1n) is 11.7. The molecule has 39 heavy (non-hydrogen) atoms. The standard InChI is InChI=1S/C28H25ClN2O7S/c1-37-25-6-4-5-20(26(25)38-2)23-12-8-17-13-16(7-11-22(17)30-23)14-24(28(33)34)31-27(32)19-10-9-18(15-21(19)29)39(3,35)36/h4-13,15,24H,14H2,1-3H3,(H,31,32)(H,33,34). The third-order valence-corrected chi connectivity index (χ3v) is 7.51. The monoisotopic (exact) mass is 568 g/mol. The quantitative estimate of drug-likeness (QED) is 0.304. The molecule has 2 N–H and O–H groups in total. The highest BCUT2D eigenvalue weighted by atomic mass is 35.5. The molecule has 11 heteroatoms. The zero-order chi connectivity index (χ0) is 28.3. The molecule has 0 fully saturated rings. The summed E-state index contributed by atoms with van der Waals surface area (Å²) in [5.41, 5.74) is 2.77. The van der Waals surface area contributed by atoms with Gasteiger partial charge in [0.25, 0.3) is 5.91 Å². The van der Waals surface area contributed by atoms with Crippen molar-refractivity contribution in [2.45, 2.75) is 17.4 Å². The van der Waals surface area contributed by atoms with Crippen molar-refractivity contribution < 1.29 is 32.6 Å². The van der Waals surface area contributed by atoms with Crippen LogP contribution in [0.25, 0.3) is 22.2 Å². The van der Waals surface area contributed by atoms with Crippen molar-refractivity contribution in [2.75, 3.05) is 20.5 Å². The highest BCUT2D eigenvalue weighted by molar-refractivity contribution is 7.90. The lowest BCUT2D eigenvalue weighted by molar-refractivity contribution is -0.139. The molecule has 202 valence electrons. The second kappa shape index (κ2) is 11.3. The van der Waals surface area contributed by atoms with Gasteiger partial charge in [0.15, 0.2) is 21.3 Å². The Morgan fingerprint density at radius 3 is 2.44 bits per heavy atom. The fourth-order valence-electron chi connectivity index (χ4n) is 4.12. The second-order valence-electron chi connectivity index (χ2n) is 8.75. The minimum Gasteiger partial charge on any atom is -0.493 e. The first-order valence-corrected chi connectivity index (χ1v) is 13.9. The molecule has 1 atom stereocenters. The summed E-state index contributed by atoms with van der Waals surface area (Å²) in [6, 6.07) is 17.0. The van der Waals surface area contributed by atoms with E-state index in [1.54, 1.807) is 32.4 Å². The molecule has 0 bridgehead atoms. The summed E-state index contributed by atoms with van der Waals surface area (Å²) < 4.78 is 34.3. The maximum Gasteiger partial charge on any atom is 0.326 e. The van der Waals surface area contributed by atoms with Gasteiger partial charge in [-0.15, -0.1) is 0 Å². The number of halogens is 1. The zero-order valence-electron chi connectivity index (χ0n) is 21.3. The maximum absolute atomic E-state index is 12.8. The Labute approximate surface area is 230 Å². The number of ether oxygens (including phenoxy) is 2. The van der Waals surface area contributed by atoms with Gasteiger partial charge in [-0.2, -0.15) is 0 Å². The summed E-state index contributed by atoms with van der Waals surface area (Å²) in [4.78, 5) is 29.4. The highest BCUT2D eigenvalue weighted by Crippen LogP contribution is 2.37. The van der Waals surface area contributed by atoms with E-state index in [9.17, 15) is 23.1 Å². The number of hydrogen-bond donors (Lipinski definition) is 2. The number of pyridine rings is 1. The molecule has 0 radical (unpaired) electrons. The van der Waals surface area contributed by atoms with Crippen LogP contribution in [-0.2, 0) is 21.1 Å². The van der Waals surface area contributed by atoms with Crippen molar-refractivity contribution in [3.63, 3.8) is 0 Å². The van der Waals surface area contributed by atoms with Gasteiger partial charge in [-0.25, -0.2) is 18.2 Å². The molecule has 0 aliphatic heterocycles. The molecule has 0 aliphatic carbocycles. The fraction of sp³-hybridized carbons (Fsp3) is 0.179. The van der Waals surface area contributed by atoms with Gasteiger partial charge in [0.05, 0.1) is 40.9 Å². The average Bonchev–Trinajstić information content (AvgIpc) is 2.91. The number of carbonyl (C=O) groups excluding carboxylic acids is 1. The lowest BCUT2D eigenvalue weighted by Crippen LogP contribution is -2.42. The molecule has 1 heterocycles. The number of nitrogens with zero attached hydrogens (tertiary/aromatic N) is 1. The second-order valence-corrected chi connectivity index (χ2v) is 11.2. The molecule has 0 saturated heterocycles. The van der Waals surface area contributed by atoms with Crippen LogP contribution in [-0.4, -0.2) is 56.9 Å². The maximum atomic E-state index is 12.8. The minimum atomic E-state index is -3.52. The number of nitrogens with one attached hydrogen (secondary N) is 1. The van der Waals surface area contributed by atoms with Crippen LogP contribution >= 0.6 is 11.6 Å². The van der Waals surface area contributed by atoms with E-state index in [0.717, 1.165) is 23.3 Å². The van der Waals surface area contributed by atoms with Crippen molar-refractivity contribution in [1.29, 1.82) is 0 Å². The molecule has 9 nitrogen and oxygen atoms in total.